The number of aromatic nitrogens is 2. The molecule has 1 unspecified atom stereocenters. The molecule has 1 saturated heterocycles. The SMILES string of the molecule is Cc1cc(N2CCC(CNC(=O)c3ccc4c(c3)C(N(C)C(=O)c3cnccc3C(F)(F)F)CC4)CC2)cc(C)n1. The van der Waals surface area contributed by atoms with Gasteiger partial charge in [0.2, 0.25) is 0 Å². The van der Waals surface area contributed by atoms with Crippen LogP contribution in [0, 0.1) is 19.8 Å². The van der Waals surface area contributed by atoms with Gasteiger partial charge in [0.15, 0.2) is 0 Å². The van der Waals surface area contributed by atoms with E-state index in [0.29, 0.717) is 30.9 Å². The number of rotatable bonds is 6. The van der Waals surface area contributed by atoms with Crippen LogP contribution in [0.1, 0.15) is 74.1 Å². The summed E-state index contributed by atoms with van der Waals surface area (Å²) in [4.78, 5) is 38.1. The van der Waals surface area contributed by atoms with E-state index < -0.39 is 29.3 Å². The maximum atomic E-state index is 13.5. The number of hydrogen-bond acceptors (Lipinski definition) is 5. The number of pyridine rings is 2. The molecular formula is C31H34F3N5O2. The molecule has 1 fully saturated rings. The summed E-state index contributed by atoms with van der Waals surface area (Å²) in [7, 11) is 1.50. The Hall–Kier alpha value is -3.95. The highest BCUT2D eigenvalue weighted by molar-refractivity contribution is 5.96. The summed E-state index contributed by atoms with van der Waals surface area (Å²) < 4.78 is 40.5. The van der Waals surface area contributed by atoms with Crippen molar-refractivity contribution in [2.75, 3.05) is 31.6 Å². The fraction of sp³-hybridized carbons (Fsp3) is 0.419. The Bertz CT molecular complexity index is 1430. The van der Waals surface area contributed by atoms with Crippen LogP contribution >= 0.6 is 0 Å². The summed E-state index contributed by atoms with van der Waals surface area (Å²) in [6.45, 7) is 6.40. The number of carbonyl (C=O) groups excluding carboxylic acids is 2. The second-order valence-electron chi connectivity index (χ2n) is 11.1. The number of amides is 2. The van der Waals surface area contributed by atoms with E-state index in [1.54, 1.807) is 12.1 Å². The number of fused-ring (bicyclic) bond motifs is 1. The van der Waals surface area contributed by atoms with Crippen molar-refractivity contribution >= 4 is 17.5 Å². The number of nitrogens with zero attached hydrogens (tertiary/aromatic N) is 4. The highest BCUT2D eigenvalue weighted by atomic mass is 19.4. The molecule has 1 aliphatic carbocycles. The van der Waals surface area contributed by atoms with Gasteiger partial charge in [-0.1, -0.05) is 6.07 Å². The molecule has 0 spiro atoms. The van der Waals surface area contributed by atoms with Gasteiger partial charge in [-0.3, -0.25) is 19.6 Å². The Morgan fingerprint density at radius 1 is 1.05 bits per heavy atom. The third-order valence-electron chi connectivity index (χ3n) is 8.20. The van der Waals surface area contributed by atoms with Gasteiger partial charge in [-0.05, 0) is 86.9 Å². The zero-order valence-corrected chi connectivity index (χ0v) is 23.5. The van der Waals surface area contributed by atoms with E-state index in [1.165, 1.54) is 17.6 Å². The van der Waals surface area contributed by atoms with E-state index in [9.17, 15) is 22.8 Å². The minimum absolute atomic E-state index is 0.193. The number of hydrogen-bond donors (Lipinski definition) is 1. The highest BCUT2D eigenvalue weighted by Crippen LogP contribution is 2.38. The molecule has 3 heterocycles. The maximum Gasteiger partial charge on any atom is 0.417 e. The van der Waals surface area contributed by atoms with Crippen molar-refractivity contribution in [3.05, 3.63) is 88.0 Å². The lowest BCUT2D eigenvalue weighted by atomic mass is 9.96. The van der Waals surface area contributed by atoms with E-state index in [2.05, 4.69) is 32.3 Å². The van der Waals surface area contributed by atoms with Crippen molar-refractivity contribution in [3.8, 4) is 0 Å². The number of alkyl halides is 3. The zero-order valence-electron chi connectivity index (χ0n) is 23.5. The standard InChI is InChI=1S/C31H34F3N5O2/c1-19-14-24(15-20(2)37-19)39-12-9-21(10-13-39)17-36-29(40)23-5-4-22-6-7-28(25(22)16-23)38(3)30(41)26-18-35-11-8-27(26)31(32,33)34/h4-5,8,11,14-16,18,21,28H,6-7,9-10,12-13,17H2,1-3H3,(H,36,40). The molecule has 0 bridgehead atoms. The Morgan fingerprint density at radius 2 is 1.76 bits per heavy atom. The van der Waals surface area contributed by atoms with Crippen LogP contribution in [-0.4, -0.2) is 53.4 Å². The van der Waals surface area contributed by atoms with Crippen LogP contribution in [-0.2, 0) is 12.6 Å². The van der Waals surface area contributed by atoms with Crippen molar-refractivity contribution in [1.82, 2.24) is 20.2 Å². The largest absolute Gasteiger partial charge is 0.417 e. The number of piperidine rings is 1. The van der Waals surface area contributed by atoms with Crippen molar-refractivity contribution in [2.45, 2.75) is 51.7 Å². The lowest BCUT2D eigenvalue weighted by molar-refractivity contribution is -0.138. The van der Waals surface area contributed by atoms with Gasteiger partial charge in [-0.2, -0.15) is 13.2 Å². The molecular weight excluding hydrogens is 531 g/mol. The normalized spacial score (nSPS) is 17.3. The van der Waals surface area contributed by atoms with Crippen molar-refractivity contribution < 1.29 is 22.8 Å². The number of halogens is 3. The van der Waals surface area contributed by atoms with Crippen LogP contribution in [0.4, 0.5) is 18.9 Å². The molecule has 41 heavy (non-hydrogen) atoms. The fourth-order valence-corrected chi connectivity index (χ4v) is 6.00. The van der Waals surface area contributed by atoms with Gasteiger partial charge in [0, 0.05) is 61.7 Å². The minimum Gasteiger partial charge on any atom is -0.371 e. The van der Waals surface area contributed by atoms with Crippen molar-refractivity contribution in [2.24, 2.45) is 5.92 Å². The van der Waals surface area contributed by atoms with Gasteiger partial charge in [0.1, 0.15) is 0 Å². The summed E-state index contributed by atoms with van der Waals surface area (Å²) in [5, 5.41) is 3.07. The number of carbonyl (C=O) groups is 2. The molecule has 7 nitrogen and oxygen atoms in total. The molecule has 3 aromatic rings. The lowest BCUT2D eigenvalue weighted by Gasteiger charge is -2.34. The monoisotopic (exact) mass is 565 g/mol. The first kappa shape index (κ1) is 28.6. The van der Waals surface area contributed by atoms with Gasteiger partial charge in [-0.25, -0.2) is 0 Å². The Labute approximate surface area is 237 Å². The van der Waals surface area contributed by atoms with Crippen LogP contribution in [0.2, 0.25) is 0 Å². The molecule has 5 rings (SSSR count). The van der Waals surface area contributed by atoms with Gasteiger partial charge >= 0.3 is 6.18 Å². The lowest BCUT2D eigenvalue weighted by Crippen LogP contribution is -2.38. The predicted molar refractivity (Wildman–Crippen MR) is 150 cm³/mol. The third kappa shape index (κ3) is 6.21. The van der Waals surface area contributed by atoms with Crippen LogP contribution in [0.15, 0.2) is 48.8 Å². The first-order chi connectivity index (χ1) is 19.5. The predicted octanol–water partition coefficient (Wildman–Crippen LogP) is 5.52. The van der Waals surface area contributed by atoms with Gasteiger partial charge in [0.05, 0.1) is 17.2 Å². The quantitative estimate of drug-likeness (QED) is 0.426. The van der Waals surface area contributed by atoms with E-state index in [1.807, 2.05) is 19.9 Å². The maximum absolute atomic E-state index is 13.5. The molecule has 1 aromatic carbocycles. The van der Waals surface area contributed by atoms with Crippen molar-refractivity contribution in [1.29, 1.82) is 0 Å². The number of anilines is 1. The second kappa shape index (κ2) is 11.5. The summed E-state index contributed by atoms with van der Waals surface area (Å²) >= 11 is 0. The van der Waals surface area contributed by atoms with Gasteiger partial charge < -0.3 is 15.1 Å². The summed E-state index contributed by atoms with van der Waals surface area (Å²) in [6, 6.07) is 10.0. The molecule has 1 atom stereocenters. The average Bonchev–Trinajstić information content (AvgIpc) is 3.38. The number of benzene rings is 1. The van der Waals surface area contributed by atoms with E-state index in [4.69, 9.17) is 0 Å². The Kier molecular flexibility index (Phi) is 8.02. The number of nitrogens with one attached hydrogen (secondary N) is 1. The van der Waals surface area contributed by atoms with Crippen molar-refractivity contribution in [3.63, 3.8) is 0 Å². The Balaban J connectivity index is 1.21. The third-order valence-corrected chi connectivity index (χ3v) is 8.20. The van der Waals surface area contributed by atoms with Gasteiger partial charge in [-0.15, -0.1) is 0 Å². The summed E-state index contributed by atoms with van der Waals surface area (Å²) in [5.74, 6) is -0.573. The molecule has 2 aliphatic rings. The molecule has 10 heteroatoms. The molecule has 2 aromatic heterocycles. The molecule has 0 radical (unpaired) electrons. The van der Waals surface area contributed by atoms with Crippen LogP contribution in [0.3, 0.4) is 0 Å². The molecule has 1 aliphatic heterocycles. The molecule has 216 valence electrons. The molecule has 1 N–H and O–H groups in total. The first-order valence-electron chi connectivity index (χ1n) is 13.9. The minimum atomic E-state index is -4.67. The van der Waals surface area contributed by atoms with Crippen LogP contribution < -0.4 is 10.2 Å². The second-order valence-corrected chi connectivity index (χ2v) is 11.1. The Morgan fingerprint density at radius 3 is 2.44 bits per heavy atom. The average molecular weight is 566 g/mol. The van der Waals surface area contributed by atoms with E-state index in [-0.39, 0.29) is 5.91 Å². The van der Waals surface area contributed by atoms with Gasteiger partial charge in [0.25, 0.3) is 11.8 Å². The summed E-state index contributed by atoms with van der Waals surface area (Å²) in [5.41, 5.74) is 3.97. The van der Waals surface area contributed by atoms with Crippen LogP contribution in [0.25, 0.3) is 0 Å². The first-order valence-corrected chi connectivity index (χ1v) is 13.9. The summed E-state index contributed by atoms with van der Waals surface area (Å²) in [6.07, 6.45) is 0.503. The molecule has 0 saturated carbocycles. The van der Waals surface area contributed by atoms with E-state index >= 15 is 0 Å². The molecule has 2 amide bonds. The fourth-order valence-electron chi connectivity index (χ4n) is 6.00. The van der Waals surface area contributed by atoms with Crippen LogP contribution in [0.5, 0.6) is 0 Å². The smallest absolute Gasteiger partial charge is 0.371 e. The highest BCUT2D eigenvalue weighted by Gasteiger charge is 2.38. The topological polar surface area (TPSA) is 78.4 Å². The van der Waals surface area contributed by atoms with E-state index in [0.717, 1.165) is 66.9 Å². The number of aryl methyl sites for hydroxylation is 3. The zero-order chi connectivity index (χ0) is 29.3.